The van der Waals surface area contributed by atoms with Gasteiger partial charge in [-0.05, 0) is 48.9 Å². The van der Waals surface area contributed by atoms with Crippen molar-refractivity contribution in [3.8, 4) is 0 Å². The molecular weight excluding hydrogens is 380 g/mol. The minimum Gasteiger partial charge on any atom is -0.460 e. The molecule has 0 saturated heterocycles. The van der Waals surface area contributed by atoms with Gasteiger partial charge in [-0.2, -0.15) is 4.72 Å². The molecule has 0 bridgehead atoms. The zero-order chi connectivity index (χ0) is 19.3. The lowest BCUT2D eigenvalue weighted by Gasteiger charge is -2.14. The molecular formula is C17H17ClN2O5S. The Balaban J connectivity index is 1.94. The molecule has 138 valence electrons. The van der Waals surface area contributed by atoms with Crippen LogP contribution in [0, 0.1) is 0 Å². The number of carbonyl (C=O) groups is 2. The van der Waals surface area contributed by atoms with Crippen molar-refractivity contribution in [3.05, 3.63) is 64.7 Å². The highest BCUT2D eigenvalue weighted by Crippen LogP contribution is 2.14. The third-order valence-corrected chi connectivity index (χ3v) is 5.24. The van der Waals surface area contributed by atoms with Gasteiger partial charge >= 0.3 is 5.97 Å². The maximum atomic E-state index is 12.2. The molecule has 1 atom stereocenters. The Morgan fingerprint density at radius 3 is 2.23 bits per heavy atom. The molecule has 0 aliphatic carbocycles. The molecule has 0 unspecified atom stereocenters. The number of esters is 1. The number of amides is 1. The first-order valence-corrected chi connectivity index (χ1v) is 9.38. The summed E-state index contributed by atoms with van der Waals surface area (Å²) >= 11 is 5.73. The number of hydrogen-bond acceptors (Lipinski definition) is 5. The van der Waals surface area contributed by atoms with Gasteiger partial charge < -0.3 is 10.5 Å². The predicted molar refractivity (Wildman–Crippen MR) is 96.0 cm³/mol. The number of carbonyl (C=O) groups excluding carboxylic acids is 2. The summed E-state index contributed by atoms with van der Waals surface area (Å²) in [6.07, 6.45) is 0. The summed E-state index contributed by atoms with van der Waals surface area (Å²) in [5.74, 6) is -1.29. The van der Waals surface area contributed by atoms with Crippen LogP contribution in [0.15, 0.2) is 53.4 Å². The summed E-state index contributed by atoms with van der Waals surface area (Å²) in [7, 11) is -3.88. The molecule has 0 aliphatic heterocycles. The quantitative estimate of drug-likeness (QED) is 0.693. The zero-order valence-corrected chi connectivity index (χ0v) is 15.4. The fourth-order valence-electron chi connectivity index (χ4n) is 2.01. The third kappa shape index (κ3) is 5.29. The highest BCUT2D eigenvalue weighted by molar-refractivity contribution is 7.89. The number of ether oxygens (including phenoxy) is 1. The van der Waals surface area contributed by atoms with E-state index in [0.717, 1.165) is 0 Å². The van der Waals surface area contributed by atoms with Crippen LogP contribution in [0.25, 0.3) is 0 Å². The van der Waals surface area contributed by atoms with Crippen LogP contribution < -0.4 is 10.5 Å². The van der Waals surface area contributed by atoms with Crippen molar-refractivity contribution in [2.75, 3.05) is 0 Å². The van der Waals surface area contributed by atoms with Gasteiger partial charge in [0, 0.05) is 10.6 Å². The lowest BCUT2D eigenvalue weighted by atomic mass is 10.1. The average molecular weight is 397 g/mol. The van der Waals surface area contributed by atoms with Crippen molar-refractivity contribution in [1.29, 1.82) is 0 Å². The summed E-state index contributed by atoms with van der Waals surface area (Å²) in [5, 5.41) is 0.402. The third-order valence-electron chi connectivity index (χ3n) is 3.43. The Bertz CT molecular complexity index is 896. The zero-order valence-electron chi connectivity index (χ0n) is 13.8. The summed E-state index contributed by atoms with van der Waals surface area (Å²) in [4.78, 5) is 23.0. The van der Waals surface area contributed by atoms with Gasteiger partial charge in [-0.25, -0.2) is 8.42 Å². The number of rotatable bonds is 7. The molecule has 3 N–H and O–H groups in total. The lowest BCUT2D eigenvalue weighted by Crippen LogP contribution is -2.39. The van der Waals surface area contributed by atoms with Crippen molar-refractivity contribution >= 4 is 33.5 Å². The first kappa shape index (κ1) is 19.9. The molecule has 2 aromatic carbocycles. The molecule has 9 heteroatoms. The monoisotopic (exact) mass is 396 g/mol. The van der Waals surface area contributed by atoms with Crippen molar-refractivity contribution in [1.82, 2.24) is 4.72 Å². The lowest BCUT2D eigenvalue weighted by molar-refractivity contribution is -0.146. The summed E-state index contributed by atoms with van der Waals surface area (Å²) in [5.41, 5.74) is 6.12. The smallest absolute Gasteiger partial charge is 0.324 e. The van der Waals surface area contributed by atoms with Crippen molar-refractivity contribution in [2.45, 2.75) is 24.5 Å². The van der Waals surface area contributed by atoms with E-state index < -0.39 is 27.9 Å². The first-order chi connectivity index (χ1) is 12.2. The van der Waals surface area contributed by atoms with E-state index in [1.54, 1.807) is 12.1 Å². The second kappa shape index (κ2) is 8.31. The number of nitrogens with two attached hydrogens (primary N) is 1. The van der Waals surface area contributed by atoms with Crippen LogP contribution in [0.2, 0.25) is 5.02 Å². The maximum absolute atomic E-state index is 12.2. The van der Waals surface area contributed by atoms with E-state index in [9.17, 15) is 18.0 Å². The second-order valence-corrected chi connectivity index (χ2v) is 7.62. The molecule has 1 amide bonds. The van der Waals surface area contributed by atoms with Gasteiger partial charge in [0.1, 0.15) is 12.6 Å². The van der Waals surface area contributed by atoms with Gasteiger partial charge in [0.15, 0.2) is 0 Å². The SMILES string of the molecule is C[C@H](NS(=O)(=O)c1ccc(Cl)cc1)C(=O)OCc1ccc(C(N)=O)cc1. The van der Waals surface area contributed by atoms with Crippen molar-refractivity contribution in [2.24, 2.45) is 5.73 Å². The fourth-order valence-corrected chi connectivity index (χ4v) is 3.33. The van der Waals surface area contributed by atoms with E-state index in [1.807, 2.05) is 0 Å². The fraction of sp³-hybridized carbons (Fsp3) is 0.176. The van der Waals surface area contributed by atoms with E-state index in [4.69, 9.17) is 22.1 Å². The minimum atomic E-state index is -3.88. The number of benzene rings is 2. The number of sulfonamides is 1. The largest absolute Gasteiger partial charge is 0.460 e. The van der Waals surface area contributed by atoms with Crippen molar-refractivity contribution in [3.63, 3.8) is 0 Å². The molecule has 0 spiro atoms. The van der Waals surface area contributed by atoms with E-state index >= 15 is 0 Å². The summed E-state index contributed by atoms with van der Waals surface area (Å²) < 4.78 is 31.8. The molecule has 2 aromatic rings. The molecule has 0 aromatic heterocycles. The Kier molecular flexibility index (Phi) is 6.36. The molecule has 0 fully saturated rings. The van der Waals surface area contributed by atoms with Crippen molar-refractivity contribution < 1.29 is 22.7 Å². The van der Waals surface area contributed by atoms with Crippen LogP contribution in [0.3, 0.4) is 0 Å². The Morgan fingerprint density at radius 1 is 1.12 bits per heavy atom. The predicted octanol–water partition coefficient (Wildman–Crippen LogP) is 1.85. The number of hydrogen-bond donors (Lipinski definition) is 2. The highest BCUT2D eigenvalue weighted by Gasteiger charge is 2.23. The summed E-state index contributed by atoms with van der Waals surface area (Å²) in [6.45, 7) is 1.32. The van der Waals surface area contributed by atoms with Crippen LogP contribution in [0.4, 0.5) is 0 Å². The molecule has 0 saturated carbocycles. The van der Waals surface area contributed by atoms with E-state index in [0.29, 0.717) is 16.1 Å². The van der Waals surface area contributed by atoms with Gasteiger partial charge in [0.2, 0.25) is 15.9 Å². The average Bonchev–Trinajstić information content (AvgIpc) is 2.60. The Morgan fingerprint density at radius 2 is 1.69 bits per heavy atom. The molecule has 26 heavy (non-hydrogen) atoms. The van der Waals surface area contributed by atoms with Crippen LogP contribution in [-0.4, -0.2) is 26.3 Å². The van der Waals surface area contributed by atoms with Gasteiger partial charge in [-0.3, -0.25) is 9.59 Å². The Labute approximate surface area is 156 Å². The summed E-state index contributed by atoms with van der Waals surface area (Å²) in [6, 6.07) is 10.7. The van der Waals surface area contributed by atoms with Crippen LogP contribution >= 0.6 is 11.6 Å². The van der Waals surface area contributed by atoms with E-state index in [-0.39, 0.29) is 11.5 Å². The number of nitrogens with one attached hydrogen (secondary N) is 1. The Hall–Kier alpha value is -2.42. The molecule has 0 radical (unpaired) electrons. The van der Waals surface area contributed by atoms with Gasteiger partial charge in [-0.15, -0.1) is 0 Å². The standard InChI is InChI=1S/C17H17ClN2O5S/c1-11(20-26(23,24)15-8-6-14(18)7-9-15)17(22)25-10-12-2-4-13(5-3-12)16(19)21/h2-9,11,20H,10H2,1H3,(H2,19,21)/t11-/m0/s1. The number of halogens is 1. The molecule has 0 heterocycles. The molecule has 2 rings (SSSR count). The molecule has 0 aliphatic rings. The van der Waals surface area contributed by atoms with E-state index in [1.165, 1.54) is 43.3 Å². The van der Waals surface area contributed by atoms with Gasteiger partial charge in [-0.1, -0.05) is 23.7 Å². The first-order valence-electron chi connectivity index (χ1n) is 7.52. The normalized spacial score (nSPS) is 12.4. The van der Waals surface area contributed by atoms with Crippen LogP contribution in [0.5, 0.6) is 0 Å². The number of primary amides is 1. The van der Waals surface area contributed by atoms with Crippen LogP contribution in [-0.2, 0) is 26.2 Å². The van der Waals surface area contributed by atoms with E-state index in [2.05, 4.69) is 4.72 Å². The van der Waals surface area contributed by atoms with Gasteiger partial charge in [0.05, 0.1) is 4.90 Å². The second-order valence-electron chi connectivity index (χ2n) is 5.47. The molecule has 7 nitrogen and oxygen atoms in total. The minimum absolute atomic E-state index is 0.0106. The van der Waals surface area contributed by atoms with Crippen LogP contribution in [0.1, 0.15) is 22.8 Å². The topological polar surface area (TPSA) is 116 Å². The maximum Gasteiger partial charge on any atom is 0.324 e. The highest BCUT2D eigenvalue weighted by atomic mass is 35.5. The van der Waals surface area contributed by atoms with Gasteiger partial charge in [0.25, 0.3) is 0 Å².